The first-order valence-corrected chi connectivity index (χ1v) is 6.03. The van der Waals surface area contributed by atoms with E-state index >= 15 is 0 Å². The zero-order chi connectivity index (χ0) is 14.6. The fourth-order valence-electron chi connectivity index (χ4n) is 1.69. The molecule has 0 saturated heterocycles. The van der Waals surface area contributed by atoms with Crippen LogP contribution in [0.5, 0.6) is 0 Å². The van der Waals surface area contributed by atoms with Gasteiger partial charge in [0.1, 0.15) is 5.78 Å². The minimum Gasteiger partial charge on any atom is -0.308 e. The molecule has 8 heteroatoms. The number of hydroxylamine groups is 2. The summed E-state index contributed by atoms with van der Waals surface area (Å²) >= 11 is 0. The second-order valence-corrected chi connectivity index (χ2v) is 4.66. The van der Waals surface area contributed by atoms with Crippen molar-refractivity contribution in [3.05, 3.63) is 0 Å². The molecule has 0 bridgehead atoms. The number of Topliss-reactive ketones (excluding diaryl/α,β-unsaturated/α-hetero) is 1. The lowest BCUT2D eigenvalue weighted by atomic mass is 10.3. The Hall–Kier alpha value is -1.15. The third kappa shape index (κ3) is 5.56. The van der Waals surface area contributed by atoms with Gasteiger partial charge in [-0.2, -0.15) is 13.2 Å². The van der Waals surface area contributed by atoms with Gasteiger partial charge in [0.25, 0.3) is 5.91 Å². The van der Waals surface area contributed by atoms with Crippen molar-refractivity contribution in [2.24, 2.45) is 11.8 Å². The minimum absolute atomic E-state index is 0.000354. The molecule has 0 heterocycles. The molecule has 2 atom stereocenters. The van der Waals surface area contributed by atoms with Gasteiger partial charge in [-0.25, -0.2) is 5.06 Å². The smallest absolute Gasteiger partial charge is 0.308 e. The lowest BCUT2D eigenvalue weighted by molar-refractivity contribution is -0.169. The van der Waals surface area contributed by atoms with E-state index < -0.39 is 18.5 Å². The number of alkyl halides is 3. The third-order valence-corrected chi connectivity index (χ3v) is 3.07. The van der Waals surface area contributed by atoms with Crippen molar-refractivity contribution in [2.45, 2.75) is 25.9 Å². The number of hydrogen-bond donors (Lipinski definition) is 2. The van der Waals surface area contributed by atoms with Crippen molar-refractivity contribution in [2.75, 3.05) is 19.6 Å². The van der Waals surface area contributed by atoms with Crippen LogP contribution in [0.1, 0.15) is 19.8 Å². The number of amides is 1. The topological polar surface area (TPSA) is 69.6 Å². The summed E-state index contributed by atoms with van der Waals surface area (Å²) in [5.74, 6) is -0.668. The number of carbonyl (C=O) groups is 2. The Labute approximate surface area is 108 Å². The highest BCUT2D eigenvalue weighted by Gasteiger charge is 2.44. The van der Waals surface area contributed by atoms with Crippen LogP contribution in [-0.2, 0) is 9.59 Å². The zero-order valence-electron chi connectivity index (χ0n) is 10.5. The molecule has 1 unspecified atom stereocenters. The maximum atomic E-state index is 11.8. The van der Waals surface area contributed by atoms with E-state index in [0.29, 0.717) is 6.54 Å². The number of carbonyl (C=O) groups excluding carboxylic acids is 2. The molecule has 0 aromatic heterocycles. The van der Waals surface area contributed by atoms with Crippen LogP contribution in [0.15, 0.2) is 0 Å². The van der Waals surface area contributed by atoms with Crippen molar-refractivity contribution in [3.8, 4) is 0 Å². The van der Waals surface area contributed by atoms with E-state index in [1.54, 1.807) is 6.92 Å². The normalized spacial score (nSPS) is 22.5. The fraction of sp³-hybridized carbons (Fsp3) is 0.818. The van der Waals surface area contributed by atoms with Crippen LogP contribution < -0.4 is 5.32 Å². The predicted octanol–water partition coefficient (Wildman–Crippen LogP) is 0.971. The molecule has 1 saturated carbocycles. The number of rotatable bonds is 7. The lowest BCUT2D eigenvalue weighted by Gasteiger charge is -2.15. The van der Waals surface area contributed by atoms with Crippen LogP contribution in [0.3, 0.4) is 0 Å². The standard InChI is InChI=1S/C11H17F3N2O3/c1-7-8(10(7)18)5-15-6-9(17)16(19)4-2-3-11(12,13)14/h7-8,15,19H,2-6H2,1H3/t7?,8-/m1/s1. The monoisotopic (exact) mass is 282 g/mol. The molecule has 0 aromatic carbocycles. The average Bonchev–Trinajstić information content (AvgIpc) is 2.85. The molecular formula is C11H17F3N2O3. The summed E-state index contributed by atoms with van der Waals surface area (Å²) in [5, 5.41) is 12.2. The van der Waals surface area contributed by atoms with E-state index in [2.05, 4.69) is 5.32 Å². The highest BCUT2D eigenvalue weighted by molar-refractivity contribution is 5.99. The lowest BCUT2D eigenvalue weighted by Crippen LogP contribution is -2.37. The van der Waals surface area contributed by atoms with Gasteiger partial charge in [0.2, 0.25) is 0 Å². The second kappa shape index (κ2) is 6.33. The Kier molecular flexibility index (Phi) is 5.30. The molecule has 0 aliphatic heterocycles. The van der Waals surface area contributed by atoms with E-state index in [1.165, 1.54) is 0 Å². The Bertz CT molecular complexity index is 347. The molecule has 0 radical (unpaired) electrons. The first-order chi connectivity index (χ1) is 8.72. The summed E-state index contributed by atoms with van der Waals surface area (Å²) in [4.78, 5) is 22.3. The first kappa shape index (κ1) is 15.9. The third-order valence-electron chi connectivity index (χ3n) is 3.07. The molecule has 1 amide bonds. The van der Waals surface area contributed by atoms with Gasteiger partial charge in [0.15, 0.2) is 0 Å². The zero-order valence-corrected chi connectivity index (χ0v) is 10.5. The molecule has 1 rings (SSSR count). The van der Waals surface area contributed by atoms with Crippen molar-refractivity contribution >= 4 is 11.7 Å². The molecule has 1 aliphatic rings. The molecular weight excluding hydrogens is 265 g/mol. The summed E-state index contributed by atoms with van der Waals surface area (Å²) in [7, 11) is 0. The van der Waals surface area contributed by atoms with Crippen molar-refractivity contribution < 1.29 is 28.0 Å². The van der Waals surface area contributed by atoms with Crippen molar-refractivity contribution in [3.63, 3.8) is 0 Å². The largest absolute Gasteiger partial charge is 0.389 e. The van der Waals surface area contributed by atoms with Gasteiger partial charge in [-0.1, -0.05) is 6.92 Å². The second-order valence-electron chi connectivity index (χ2n) is 4.66. The minimum atomic E-state index is -4.29. The Morgan fingerprint density at radius 3 is 2.53 bits per heavy atom. The van der Waals surface area contributed by atoms with Crippen LogP contribution in [-0.4, -0.2) is 47.8 Å². The van der Waals surface area contributed by atoms with Gasteiger partial charge in [0.05, 0.1) is 6.54 Å². The summed E-state index contributed by atoms with van der Waals surface area (Å²) < 4.78 is 35.5. The van der Waals surface area contributed by atoms with Gasteiger partial charge in [-0.3, -0.25) is 14.8 Å². The SMILES string of the molecule is CC1C(=O)[C@@H]1CNCC(=O)N(O)CCCC(F)(F)F. The summed E-state index contributed by atoms with van der Waals surface area (Å²) in [6.45, 7) is 1.58. The summed E-state index contributed by atoms with van der Waals surface area (Å²) in [6.07, 6.45) is -5.67. The van der Waals surface area contributed by atoms with Crippen LogP contribution in [0.25, 0.3) is 0 Å². The molecule has 1 aliphatic carbocycles. The predicted molar refractivity (Wildman–Crippen MR) is 59.3 cm³/mol. The Morgan fingerprint density at radius 1 is 1.47 bits per heavy atom. The maximum absolute atomic E-state index is 11.8. The Morgan fingerprint density at radius 2 is 2.05 bits per heavy atom. The number of ketones is 1. The summed E-state index contributed by atoms with van der Waals surface area (Å²) in [6, 6.07) is 0. The van der Waals surface area contributed by atoms with E-state index in [-0.39, 0.29) is 42.2 Å². The molecule has 0 aromatic rings. The van der Waals surface area contributed by atoms with Gasteiger partial charge >= 0.3 is 6.18 Å². The number of nitrogens with one attached hydrogen (secondary N) is 1. The van der Waals surface area contributed by atoms with Crippen LogP contribution in [0.4, 0.5) is 13.2 Å². The van der Waals surface area contributed by atoms with E-state index in [0.717, 1.165) is 0 Å². The summed E-state index contributed by atoms with van der Waals surface area (Å²) in [5.41, 5.74) is 0. The number of nitrogens with zero attached hydrogens (tertiary/aromatic N) is 1. The molecule has 2 N–H and O–H groups in total. The molecule has 110 valence electrons. The van der Waals surface area contributed by atoms with Crippen LogP contribution in [0, 0.1) is 11.8 Å². The van der Waals surface area contributed by atoms with Gasteiger partial charge < -0.3 is 5.32 Å². The number of hydrogen-bond acceptors (Lipinski definition) is 4. The van der Waals surface area contributed by atoms with Crippen LogP contribution >= 0.6 is 0 Å². The highest BCUT2D eigenvalue weighted by Crippen LogP contribution is 2.31. The average molecular weight is 282 g/mol. The van der Waals surface area contributed by atoms with Crippen molar-refractivity contribution in [1.82, 2.24) is 10.4 Å². The number of halogens is 3. The first-order valence-electron chi connectivity index (χ1n) is 6.03. The van der Waals surface area contributed by atoms with Crippen LogP contribution in [0.2, 0.25) is 0 Å². The van der Waals surface area contributed by atoms with Gasteiger partial charge in [-0.15, -0.1) is 0 Å². The molecule has 5 nitrogen and oxygen atoms in total. The quantitative estimate of drug-likeness (QED) is 0.539. The molecule has 19 heavy (non-hydrogen) atoms. The highest BCUT2D eigenvalue weighted by atomic mass is 19.4. The molecule has 1 fully saturated rings. The fourth-order valence-corrected chi connectivity index (χ4v) is 1.69. The maximum Gasteiger partial charge on any atom is 0.389 e. The van der Waals surface area contributed by atoms with E-state index in [4.69, 9.17) is 0 Å². The Balaban J connectivity index is 2.10. The van der Waals surface area contributed by atoms with E-state index in [1.807, 2.05) is 0 Å². The van der Waals surface area contributed by atoms with Crippen molar-refractivity contribution in [1.29, 1.82) is 0 Å². The van der Waals surface area contributed by atoms with E-state index in [9.17, 15) is 28.0 Å². The van der Waals surface area contributed by atoms with Gasteiger partial charge in [0, 0.05) is 31.3 Å². The molecule has 0 spiro atoms. The van der Waals surface area contributed by atoms with Gasteiger partial charge in [-0.05, 0) is 6.42 Å².